The van der Waals surface area contributed by atoms with E-state index < -0.39 is 15.7 Å². The first-order valence-electron chi connectivity index (χ1n) is 7.76. The predicted molar refractivity (Wildman–Crippen MR) is 97.6 cm³/mol. The van der Waals surface area contributed by atoms with E-state index in [4.69, 9.17) is 0 Å². The highest BCUT2D eigenvalue weighted by atomic mass is 32.2. The van der Waals surface area contributed by atoms with Crippen LogP contribution in [-0.4, -0.2) is 26.6 Å². The third-order valence-electron chi connectivity index (χ3n) is 3.61. The number of halogens is 1. The summed E-state index contributed by atoms with van der Waals surface area (Å²) in [5.74, 6) is -0.717. The average molecular weight is 361 g/mol. The van der Waals surface area contributed by atoms with Crippen molar-refractivity contribution in [2.45, 2.75) is 24.8 Å². The Balaban J connectivity index is 2.29. The lowest BCUT2D eigenvalue weighted by Gasteiger charge is -2.25. The van der Waals surface area contributed by atoms with Gasteiger partial charge in [-0.05, 0) is 50.3 Å². The average Bonchev–Trinajstić information content (AvgIpc) is 2.53. The van der Waals surface area contributed by atoms with Crippen LogP contribution in [0.1, 0.15) is 19.4 Å². The topological polar surface area (TPSA) is 54.5 Å². The van der Waals surface area contributed by atoms with Crippen LogP contribution >= 0.6 is 0 Å². The van der Waals surface area contributed by atoms with Gasteiger partial charge in [0.1, 0.15) is 5.82 Å². The lowest BCUT2D eigenvalue weighted by Crippen LogP contribution is -2.35. The van der Waals surface area contributed by atoms with Crippen molar-refractivity contribution in [3.8, 4) is 0 Å². The molecule has 25 heavy (non-hydrogen) atoms. The molecule has 2 rings (SSSR count). The van der Waals surface area contributed by atoms with Gasteiger partial charge in [-0.15, -0.1) is 0 Å². The molecule has 2 aromatic carbocycles. The molecule has 0 aliphatic carbocycles. The first-order chi connectivity index (χ1) is 11.7. The molecule has 0 saturated carbocycles. The molecule has 0 unspecified atom stereocenters. The molecule has 2 aromatic rings. The van der Waals surface area contributed by atoms with E-state index in [-0.39, 0.29) is 16.8 Å². The smallest absolute Gasteiger partial charge is 0.251 e. The first-order valence-corrected chi connectivity index (χ1v) is 9.65. The van der Waals surface area contributed by atoms with Gasteiger partial charge in [0.25, 0.3) is 5.91 Å². The summed E-state index contributed by atoms with van der Waals surface area (Å²) in [6.45, 7) is 3.69. The van der Waals surface area contributed by atoms with Gasteiger partial charge in [-0.1, -0.05) is 18.2 Å². The molecule has 4 nitrogen and oxygen atoms in total. The molecular formula is C19H20FNO3S. The second kappa shape index (κ2) is 7.61. The zero-order chi connectivity index (χ0) is 18.6. The SMILES string of the molecule is CC(C)N(C(=O)/C=C/c1ccccc1F)c1ccc(S(C)(=O)=O)cc1. The lowest BCUT2D eigenvalue weighted by atomic mass is 10.2. The molecule has 0 saturated heterocycles. The lowest BCUT2D eigenvalue weighted by molar-refractivity contribution is -0.114. The molecule has 0 fully saturated rings. The zero-order valence-corrected chi connectivity index (χ0v) is 15.1. The number of hydrogen-bond donors (Lipinski definition) is 0. The van der Waals surface area contributed by atoms with Gasteiger partial charge in [0, 0.05) is 29.6 Å². The van der Waals surface area contributed by atoms with Crippen molar-refractivity contribution >= 4 is 27.5 Å². The Kier molecular flexibility index (Phi) is 5.74. The van der Waals surface area contributed by atoms with Crippen LogP contribution < -0.4 is 4.90 Å². The van der Waals surface area contributed by atoms with Gasteiger partial charge in [0.2, 0.25) is 0 Å². The quantitative estimate of drug-likeness (QED) is 0.764. The summed E-state index contributed by atoms with van der Waals surface area (Å²) in [5.41, 5.74) is 0.901. The molecular weight excluding hydrogens is 341 g/mol. The first kappa shape index (κ1) is 18.9. The van der Waals surface area contributed by atoms with Gasteiger partial charge in [0.15, 0.2) is 9.84 Å². The minimum atomic E-state index is -3.30. The monoisotopic (exact) mass is 361 g/mol. The summed E-state index contributed by atoms with van der Waals surface area (Å²) in [6.07, 6.45) is 3.87. The number of nitrogens with zero attached hydrogens (tertiary/aromatic N) is 1. The van der Waals surface area contributed by atoms with Crippen molar-refractivity contribution < 1.29 is 17.6 Å². The molecule has 0 aliphatic rings. The maximum atomic E-state index is 13.6. The molecule has 0 aromatic heterocycles. The van der Waals surface area contributed by atoms with Gasteiger partial charge in [-0.2, -0.15) is 0 Å². The van der Waals surface area contributed by atoms with Gasteiger partial charge < -0.3 is 4.90 Å². The summed E-state index contributed by atoms with van der Waals surface area (Å²) >= 11 is 0. The summed E-state index contributed by atoms with van der Waals surface area (Å²) in [6, 6.07) is 12.1. The maximum Gasteiger partial charge on any atom is 0.251 e. The number of anilines is 1. The molecule has 1 amide bonds. The summed E-state index contributed by atoms with van der Waals surface area (Å²) in [7, 11) is -3.30. The predicted octanol–water partition coefficient (Wildman–Crippen LogP) is 3.68. The number of carbonyl (C=O) groups excluding carboxylic acids is 1. The molecule has 0 aliphatic heterocycles. The van der Waals surface area contributed by atoms with E-state index in [0.29, 0.717) is 11.3 Å². The molecule has 0 N–H and O–H groups in total. The van der Waals surface area contributed by atoms with Crippen LogP contribution in [0, 0.1) is 5.82 Å². The fourth-order valence-electron chi connectivity index (χ4n) is 2.39. The molecule has 0 heterocycles. The van der Waals surface area contributed by atoms with E-state index in [9.17, 15) is 17.6 Å². The van der Waals surface area contributed by atoms with E-state index in [0.717, 1.165) is 6.26 Å². The van der Waals surface area contributed by atoms with Crippen LogP contribution in [0.25, 0.3) is 6.08 Å². The second-order valence-electron chi connectivity index (χ2n) is 5.92. The summed E-state index contributed by atoms with van der Waals surface area (Å²) in [5, 5.41) is 0. The fraction of sp³-hybridized carbons (Fsp3) is 0.211. The Morgan fingerprint density at radius 3 is 2.20 bits per heavy atom. The highest BCUT2D eigenvalue weighted by Gasteiger charge is 2.18. The Morgan fingerprint density at radius 1 is 1.08 bits per heavy atom. The number of hydrogen-bond acceptors (Lipinski definition) is 3. The number of carbonyl (C=O) groups is 1. The largest absolute Gasteiger partial charge is 0.306 e. The molecule has 0 spiro atoms. The van der Waals surface area contributed by atoms with Crippen molar-refractivity contribution in [2.24, 2.45) is 0 Å². The van der Waals surface area contributed by atoms with E-state index in [1.165, 1.54) is 35.3 Å². The van der Waals surface area contributed by atoms with Gasteiger partial charge >= 0.3 is 0 Å². The molecule has 132 valence electrons. The van der Waals surface area contributed by atoms with Crippen LogP contribution in [0.15, 0.2) is 59.5 Å². The fourth-order valence-corrected chi connectivity index (χ4v) is 3.02. The van der Waals surface area contributed by atoms with Crippen LogP contribution in [0.4, 0.5) is 10.1 Å². The maximum absolute atomic E-state index is 13.6. The van der Waals surface area contributed by atoms with Gasteiger partial charge in [-0.25, -0.2) is 12.8 Å². The zero-order valence-electron chi connectivity index (χ0n) is 14.3. The third-order valence-corrected chi connectivity index (χ3v) is 4.74. The van der Waals surface area contributed by atoms with Gasteiger partial charge in [0.05, 0.1) is 4.90 Å². The van der Waals surface area contributed by atoms with Crippen LogP contribution in [0.5, 0.6) is 0 Å². The Hall–Kier alpha value is -2.47. The third kappa shape index (κ3) is 4.76. The second-order valence-corrected chi connectivity index (χ2v) is 7.94. The highest BCUT2D eigenvalue weighted by Crippen LogP contribution is 2.21. The number of benzene rings is 2. The molecule has 0 atom stereocenters. The Morgan fingerprint density at radius 2 is 1.68 bits per heavy atom. The van der Waals surface area contributed by atoms with Crippen molar-refractivity contribution in [1.82, 2.24) is 0 Å². The normalized spacial score (nSPS) is 11.9. The Labute approximate surface area is 147 Å². The van der Waals surface area contributed by atoms with Crippen LogP contribution in [0.2, 0.25) is 0 Å². The van der Waals surface area contributed by atoms with Crippen molar-refractivity contribution in [3.05, 3.63) is 66.0 Å². The van der Waals surface area contributed by atoms with Crippen molar-refractivity contribution in [2.75, 3.05) is 11.2 Å². The standard InChI is InChI=1S/C19H20FNO3S/c1-14(2)21(16-9-11-17(12-10-16)25(3,23)24)19(22)13-8-15-6-4-5-7-18(15)20/h4-14H,1-3H3/b13-8+. The van der Waals surface area contributed by atoms with E-state index >= 15 is 0 Å². The van der Waals surface area contributed by atoms with Crippen LogP contribution in [0.3, 0.4) is 0 Å². The van der Waals surface area contributed by atoms with Gasteiger partial charge in [-0.3, -0.25) is 4.79 Å². The van der Waals surface area contributed by atoms with E-state index in [1.807, 2.05) is 13.8 Å². The number of rotatable bonds is 5. The van der Waals surface area contributed by atoms with E-state index in [2.05, 4.69) is 0 Å². The number of sulfone groups is 1. The highest BCUT2D eigenvalue weighted by molar-refractivity contribution is 7.90. The van der Waals surface area contributed by atoms with E-state index in [1.54, 1.807) is 30.3 Å². The van der Waals surface area contributed by atoms with Crippen molar-refractivity contribution in [1.29, 1.82) is 0 Å². The van der Waals surface area contributed by atoms with Crippen molar-refractivity contribution in [3.63, 3.8) is 0 Å². The summed E-state index contributed by atoms with van der Waals surface area (Å²) < 4.78 is 36.7. The van der Waals surface area contributed by atoms with Crippen LogP contribution in [-0.2, 0) is 14.6 Å². The summed E-state index contributed by atoms with van der Waals surface area (Å²) in [4.78, 5) is 14.3. The minimum Gasteiger partial charge on any atom is -0.306 e. The number of amides is 1. The minimum absolute atomic E-state index is 0.151. The molecule has 0 radical (unpaired) electrons. The molecule has 0 bridgehead atoms. The molecule has 6 heteroatoms. The Bertz CT molecular complexity index is 887.